The fourth-order valence-electron chi connectivity index (χ4n) is 3.16. The third-order valence-electron chi connectivity index (χ3n) is 4.73. The number of amides is 2. The second-order valence-corrected chi connectivity index (χ2v) is 8.45. The highest BCUT2D eigenvalue weighted by atomic mass is 35.5. The molecule has 1 fully saturated rings. The molecule has 7 heteroatoms. The van der Waals surface area contributed by atoms with E-state index in [1.54, 1.807) is 15.9 Å². The van der Waals surface area contributed by atoms with Gasteiger partial charge in [-0.2, -0.15) is 0 Å². The lowest BCUT2D eigenvalue weighted by Gasteiger charge is -2.33. The summed E-state index contributed by atoms with van der Waals surface area (Å²) in [6.45, 7) is 1.79. The summed E-state index contributed by atoms with van der Waals surface area (Å²) < 4.78 is 0.885. The topological polar surface area (TPSA) is 40.6 Å². The lowest BCUT2D eigenvalue weighted by molar-refractivity contribution is -0.126. The zero-order chi connectivity index (χ0) is 20.4. The molecule has 0 atom stereocenters. The molecule has 1 aliphatic rings. The lowest BCUT2D eigenvalue weighted by Crippen LogP contribution is -2.50. The summed E-state index contributed by atoms with van der Waals surface area (Å²) in [5.74, 6) is 5.22. The van der Waals surface area contributed by atoms with Gasteiger partial charge in [-0.1, -0.05) is 53.4 Å². The van der Waals surface area contributed by atoms with Crippen molar-refractivity contribution in [3.8, 4) is 11.8 Å². The van der Waals surface area contributed by atoms with Gasteiger partial charge >= 0.3 is 0 Å². The molecular formula is C22H16Cl2N2O2S. The predicted octanol–water partition coefficient (Wildman–Crippen LogP) is 4.54. The maximum Gasteiger partial charge on any atom is 0.298 e. The maximum absolute atomic E-state index is 12.9. The van der Waals surface area contributed by atoms with Gasteiger partial charge in [-0.05, 0) is 24.3 Å². The van der Waals surface area contributed by atoms with Crippen molar-refractivity contribution in [1.82, 2.24) is 9.80 Å². The molecule has 1 saturated heterocycles. The number of hydrogen-bond acceptors (Lipinski definition) is 3. The summed E-state index contributed by atoms with van der Waals surface area (Å²) in [6, 6.07) is 14.8. The van der Waals surface area contributed by atoms with Gasteiger partial charge in [-0.25, -0.2) is 0 Å². The Balaban J connectivity index is 1.42. The van der Waals surface area contributed by atoms with Gasteiger partial charge in [0, 0.05) is 52.8 Å². The largest absolute Gasteiger partial charge is 0.334 e. The van der Waals surface area contributed by atoms with Gasteiger partial charge in [-0.3, -0.25) is 9.59 Å². The standard InChI is InChI=1S/C22H16Cl2N2O2S/c23-16-7-8-17-18(14-16)29-21(20(17)24)22(28)26-12-10-25(11-13-26)19(27)9-6-15-4-2-1-3-5-15/h1-5,7-8,14H,10-13H2. The van der Waals surface area contributed by atoms with E-state index in [0.717, 1.165) is 15.6 Å². The van der Waals surface area contributed by atoms with Crippen molar-refractivity contribution in [2.45, 2.75) is 0 Å². The molecule has 4 rings (SSSR count). The molecule has 1 aromatic heterocycles. The van der Waals surface area contributed by atoms with Crippen molar-refractivity contribution in [3.05, 3.63) is 69.0 Å². The van der Waals surface area contributed by atoms with Crippen LogP contribution < -0.4 is 0 Å². The quantitative estimate of drug-likeness (QED) is 0.518. The molecule has 0 radical (unpaired) electrons. The second-order valence-electron chi connectivity index (χ2n) is 6.59. The van der Waals surface area contributed by atoms with Gasteiger partial charge in [0.1, 0.15) is 4.88 Å². The van der Waals surface area contributed by atoms with Crippen molar-refractivity contribution in [1.29, 1.82) is 0 Å². The third kappa shape index (κ3) is 4.25. The molecule has 0 N–H and O–H groups in total. The van der Waals surface area contributed by atoms with Gasteiger partial charge in [0.25, 0.3) is 11.8 Å². The number of piperazine rings is 1. The van der Waals surface area contributed by atoms with Crippen LogP contribution in [0.5, 0.6) is 0 Å². The predicted molar refractivity (Wildman–Crippen MR) is 118 cm³/mol. The Bertz CT molecular complexity index is 1140. The second kappa shape index (κ2) is 8.46. The van der Waals surface area contributed by atoms with Crippen LogP contribution in [0.1, 0.15) is 15.2 Å². The van der Waals surface area contributed by atoms with E-state index in [1.807, 2.05) is 42.5 Å². The van der Waals surface area contributed by atoms with E-state index in [9.17, 15) is 9.59 Å². The first-order valence-electron chi connectivity index (χ1n) is 9.06. The average Bonchev–Trinajstić information content (AvgIpc) is 3.08. The van der Waals surface area contributed by atoms with Crippen molar-refractivity contribution >= 4 is 56.4 Å². The fraction of sp³-hybridized carbons (Fsp3) is 0.182. The van der Waals surface area contributed by atoms with Gasteiger partial charge in [0.2, 0.25) is 0 Å². The molecule has 4 nitrogen and oxygen atoms in total. The van der Waals surface area contributed by atoms with Gasteiger partial charge in [0.15, 0.2) is 0 Å². The minimum absolute atomic E-state index is 0.116. The van der Waals surface area contributed by atoms with Crippen molar-refractivity contribution in [2.75, 3.05) is 26.2 Å². The number of benzene rings is 2. The van der Waals surface area contributed by atoms with E-state index in [1.165, 1.54) is 11.3 Å². The van der Waals surface area contributed by atoms with Gasteiger partial charge in [-0.15, -0.1) is 11.3 Å². The molecule has 2 heterocycles. The highest BCUT2D eigenvalue weighted by molar-refractivity contribution is 7.21. The fourth-order valence-corrected chi connectivity index (χ4v) is 4.91. The molecule has 0 saturated carbocycles. The summed E-state index contributed by atoms with van der Waals surface area (Å²) in [5.41, 5.74) is 0.800. The Labute approximate surface area is 182 Å². The molecule has 2 aromatic carbocycles. The van der Waals surface area contributed by atoms with Crippen molar-refractivity contribution in [3.63, 3.8) is 0 Å². The van der Waals surface area contributed by atoms with Crippen LogP contribution in [0.15, 0.2) is 48.5 Å². The third-order valence-corrected chi connectivity index (χ3v) is 6.61. The number of thiophene rings is 1. The number of carbonyl (C=O) groups is 2. The molecule has 0 spiro atoms. The van der Waals surface area contributed by atoms with Crippen LogP contribution in [0.2, 0.25) is 10.0 Å². The molecule has 0 bridgehead atoms. The summed E-state index contributed by atoms with van der Waals surface area (Å²) in [6.07, 6.45) is 0. The first-order valence-corrected chi connectivity index (χ1v) is 10.6. The Morgan fingerprint density at radius 1 is 0.931 bits per heavy atom. The van der Waals surface area contributed by atoms with Crippen LogP contribution in [0.3, 0.4) is 0 Å². The molecule has 146 valence electrons. The first kappa shape index (κ1) is 19.8. The molecule has 0 unspecified atom stereocenters. The summed E-state index contributed by atoms with van der Waals surface area (Å²) >= 11 is 13.8. The average molecular weight is 443 g/mol. The monoisotopic (exact) mass is 442 g/mol. The van der Waals surface area contributed by atoms with E-state index in [4.69, 9.17) is 23.2 Å². The molecule has 2 amide bonds. The normalized spacial score (nSPS) is 13.9. The highest BCUT2D eigenvalue weighted by Crippen LogP contribution is 2.37. The number of halogens is 2. The minimum Gasteiger partial charge on any atom is -0.334 e. The lowest BCUT2D eigenvalue weighted by atomic mass is 10.2. The Hall–Kier alpha value is -2.52. The van der Waals surface area contributed by atoms with E-state index < -0.39 is 0 Å². The Kier molecular flexibility index (Phi) is 5.77. The van der Waals surface area contributed by atoms with Crippen LogP contribution in [0.4, 0.5) is 0 Å². The number of nitrogens with zero attached hydrogens (tertiary/aromatic N) is 2. The SMILES string of the molecule is O=C(C#Cc1ccccc1)N1CCN(C(=O)c2sc3cc(Cl)ccc3c2Cl)CC1. The molecular weight excluding hydrogens is 427 g/mol. The number of hydrogen-bond donors (Lipinski definition) is 0. The Morgan fingerprint density at radius 2 is 1.62 bits per heavy atom. The number of carbonyl (C=O) groups excluding carboxylic acids is 2. The molecule has 1 aliphatic heterocycles. The maximum atomic E-state index is 12.9. The van der Waals surface area contributed by atoms with Crippen LogP contribution in [-0.4, -0.2) is 47.8 Å². The van der Waals surface area contributed by atoms with E-state index >= 15 is 0 Å². The minimum atomic E-state index is -0.226. The van der Waals surface area contributed by atoms with E-state index in [0.29, 0.717) is 41.1 Å². The van der Waals surface area contributed by atoms with Crippen LogP contribution in [0, 0.1) is 11.8 Å². The van der Waals surface area contributed by atoms with Crippen molar-refractivity contribution in [2.24, 2.45) is 0 Å². The molecule has 29 heavy (non-hydrogen) atoms. The smallest absolute Gasteiger partial charge is 0.298 e. The van der Waals surface area contributed by atoms with Crippen LogP contribution in [-0.2, 0) is 4.79 Å². The zero-order valence-electron chi connectivity index (χ0n) is 15.3. The number of rotatable bonds is 1. The van der Waals surface area contributed by atoms with Crippen LogP contribution in [0.25, 0.3) is 10.1 Å². The van der Waals surface area contributed by atoms with E-state index in [-0.39, 0.29) is 11.8 Å². The van der Waals surface area contributed by atoms with Gasteiger partial charge < -0.3 is 9.80 Å². The first-order chi connectivity index (χ1) is 14.0. The highest BCUT2D eigenvalue weighted by Gasteiger charge is 2.27. The van der Waals surface area contributed by atoms with Crippen molar-refractivity contribution < 1.29 is 9.59 Å². The molecule has 0 aliphatic carbocycles. The van der Waals surface area contributed by atoms with Crippen LogP contribution >= 0.6 is 34.5 Å². The zero-order valence-corrected chi connectivity index (χ0v) is 17.7. The summed E-state index contributed by atoms with van der Waals surface area (Å²) in [7, 11) is 0. The summed E-state index contributed by atoms with van der Waals surface area (Å²) in [5, 5.41) is 1.89. The molecule has 3 aromatic rings. The Morgan fingerprint density at radius 3 is 2.34 bits per heavy atom. The number of fused-ring (bicyclic) bond motifs is 1. The van der Waals surface area contributed by atoms with Gasteiger partial charge in [0.05, 0.1) is 5.02 Å². The summed E-state index contributed by atoms with van der Waals surface area (Å²) in [4.78, 5) is 29.2. The van der Waals surface area contributed by atoms with E-state index in [2.05, 4.69) is 11.8 Å².